The van der Waals surface area contributed by atoms with Crippen LogP contribution >= 0.6 is 43.2 Å². The van der Waals surface area contributed by atoms with Crippen molar-refractivity contribution in [2.24, 2.45) is 0 Å². The lowest BCUT2D eigenvalue weighted by atomic mass is 10.2. The van der Waals surface area contributed by atoms with Crippen molar-refractivity contribution in [1.82, 2.24) is 0 Å². The molecule has 0 spiro atoms. The number of thiophene rings is 1. The summed E-state index contributed by atoms with van der Waals surface area (Å²) in [5, 5.41) is 4.17. The van der Waals surface area contributed by atoms with Gasteiger partial charge < -0.3 is 4.74 Å². The van der Waals surface area contributed by atoms with E-state index in [2.05, 4.69) is 48.7 Å². The molecule has 94 valence electrons. The van der Waals surface area contributed by atoms with E-state index in [0.29, 0.717) is 12.2 Å². The zero-order valence-electron chi connectivity index (χ0n) is 9.36. The van der Waals surface area contributed by atoms with Crippen molar-refractivity contribution in [1.29, 1.82) is 0 Å². The minimum Gasteiger partial charge on any atom is -0.491 e. The van der Waals surface area contributed by atoms with Gasteiger partial charge in [0.05, 0.1) is 15.6 Å². The summed E-state index contributed by atoms with van der Waals surface area (Å²) >= 11 is 8.50. The van der Waals surface area contributed by atoms with E-state index in [1.165, 1.54) is 5.56 Å². The smallest absolute Gasteiger partial charge is 0.150 e. The molecule has 0 fully saturated rings. The summed E-state index contributed by atoms with van der Waals surface area (Å²) in [5.41, 5.74) is 1.88. The number of carbonyl (C=O) groups excluding carboxylic acids is 1. The zero-order chi connectivity index (χ0) is 13.0. The molecule has 0 saturated carbocycles. The molecule has 1 aromatic heterocycles. The minimum atomic E-state index is 0.606. The van der Waals surface area contributed by atoms with Crippen LogP contribution in [0.1, 0.15) is 15.9 Å². The lowest BCUT2D eigenvalue weighted by Crippen LogP contribution is -2.02. The Kier molecular flexibility index (Phi) is 4.97. The first-order valence-electron chi connectivity index (χ1n) is 5.29. The molecule has 0 aliphatic rings. The molecule has 5 heteroatoms. The van der Waals surface area contributed by atoms with Crippen molar-refractivity contribution in [3.8, 4) is 5.75 Å². The van der Waals surface area contributed by atoms with Gasteiger partial charge in [-0.15, -0.1) is 0 Å². The van der Waals surface area contributed by atoms with Crippen LogP contribution in [-0.2, 0) is 6.42 Å². The third kappa shape index (κ3) is 3.43. The molecule has 2 rings (SSSR count). The van der Waals surface area contributed by atoms with Crippen LogP contribution in [0.4, 0.5) is 0 Å². The molecule has 0 radical (unpaired) electrons. The fourth-order valence-electron chi connectivity index (χ4n) is 1.49. The Morgan fingerprint density at radius 3 is 2.56 bits per heavy atom. The molecule has 0 aliphatic heterocycles. The molecule has 0 saturated heterocycles. The molecular formula is C13H10Br2O2S. The Bertz CT molecular complexity index is 515. The summed E-state index contributed by atoms with van der Waals surface area (Å²) in [6, 6.07) is 5.59. The summed E-state index contributed by atoms with van der Waals surface area (Å²) in [6.07, 6.45) is 1.68. The Morgan fingerprint density at radius 1 is 1.28 bits per heavy atom. The molecule has 2 aromatic rings. The molecule has 0 aliphatic carbocycles. The molecule has 0 bridgehead atoms. The van der Waals surface area contributed by atoms with E-state index < -0.39 is 0 Å². The maximum Gasteiger partial charge on any atom is 0.150 e. The summed E-state index contributed by atoms with van der Waals surface area (Å²) in [5.74, 6) is 0.732. The quantitative estimate of drug-likeness (QED) is 0.692. The highest BCUT2D eigenvalue weighted by Gasteiger charge is 2.08. The first kappa shape index (κ1) is 13.8. The highest BCUT2D eigenvalue weighted by molar-refractivity contribution is 9.11. The van der Waals surface area contributed by atoms with Crippen LogP contribution in [0.2, 0.25) is 0 Å². The molecular weight excluding hydrogens is 380 g/mol. The Balaban J connectivity index is 2.03. The van der Waals surface area contributed by atoms with Gasteiger partial charge >= 0.3 is 0 Å². The number of hydrogen-bond acceptors (Lipinski definition) is 3. The van der Waals surface area contributed by atoms with Crippen LogP contribution in [0, 0.1) is 0 Å². The van der Waals surface area contributed by atoms with Crippen molar-refractivity contribution < 1.29 is 9.53 Å². The van der Waals surface area contributed by atoms with Crippen molar-refractivity contribution in [2.45, 2.75) is 6.42 Å². The van der Waals surface area contributed by atoms with Gasteiger partial charge in [0.15, 0.2) is 0 Å². The van der Waals surface area contributed by atoms with E-state index in [1.807, 2.05) is 0 Å². The second-order valence-electron chi connectivity index (χ2n) is 3.66. The van der Waals surface area contributed by atoms with Gasteiger partial charge in [0.2, 0.25) is 0 Å². The van der Waals surface area contributed by atoms with Gasteiger partial charge in [0.1, 0.15) is 12.0 Å². The zero-order valence-corrected chi connectivity index (χ0v) is 13.3. The second-order valence-corrected chi connectivity index (χ2v) is 6.15. The minimum absolute atomic E-state index is 0.606. The van der Waals surface area contributed by atoms with Crippen molar-refractivity contribution in [2.75, 3.05) is 6.61 Å². The van der Waals surface area contributed by atoms with Gasteiger partial charge in [-0.1, -0.05) is 0 Å². The van der Waals surface area contributed by atoms with Gasteiger partial charge in [0, 0.05) is 12.0 Å². The Labute approximate surface area is 126 Å². The highest BCUT2D eigenvalue weighted by atomic mass is 79.9. The van der Waals surface area contributed by atoms with Gasteiger partial charge in [-0.3, -0.25) is 4.79 Å². The lowest BCUT2D eigenvalue weighted by molar-refractivity contribution is 0.112. The Hall–Kier alpha value is -0.650. The molecule has 0 unspecified atom stereocenters. The summed E-state index contributed by atoms with van der Waals surface area (Å²) < 4.78 is 7.30. The average molecular weight is 390 g/mol. The maximum absolute atomic E-state index is 10.7. The molecule has 1 heterocycles. The number of carbonyl (C=O) groups is 1. The normalized spacial score (nSPS) is 10.3. The van der Waals surface area contributed by atoms with Gasteiger partial charge in [-0.25, -0.2) is 0 Å². The van der Waals surface area contributed by atoms with E-state index >= 15 is 0 Å². The van der Waals surface area contributed by atoms with Crippen LogP contribution in [0.3, 0.4) is 0 Å². The monoisotopic (exact) mass is 388 g/mol. The summed E-state index contributed by atoms with van der Waals surface area (Å²) in [4.78, 5) is 10.7. The number of ether oxygens (including phenoxy) is 1. The van der Waals surface area contributed by atoms with Crippen molar-refractivity contribution in [3.05, 3.63) is 49.0 Å². The first-order chi connectivity index (χ1) is 8.70. The number of halogens is 2. The van der Waals surface area contributed by atoms with E-state index in [0.717, 1.165) is 27.4 Å². The first-order valence-corrected chi connectivity index (χ1v) is 7.81. The van der Waals surface area contributed by atoms with E-state index in [-0.39, 0.29) is 0 Å². The molecule has 1 aromatic carbocycles. The fraction of sp³-hybridized carbons (Fsp3) is 0.154. The lowest BCUT2D eigenvalue weighted by Gasteiger charge is -2.10. The third-order valence-corrected chi connectivity index (χ3v) is 4.28. The SMILES string of the molecule is O=Cc1cc(Br)c(OCCc2ccsc2)c(Br)c1. The highest BCUT2D eigenvalue weighted by Crippen LogP contribution is 2.34. The van der Waals surface area contributed by atoms with Crippen LogP contribution in [0.25, 0.3) is 0 Å². The van der Waals surface area contributed by atoms with E-state index in [4.69, 9.17) is 4.74 Å². The number of hydrogen-bond donors (Lipinski definition) is 0. The van der Waals surface area contributed by atoms with Gasteiger partial charge in [0.25, 0.3) is 0 Å². The van der Waals surface area contributed by atoms with Crippen molar-refractivity contribution >= 4 is 49.5 Å². The second kappa shape index (κ2) is 6.50. The largest absolute Gasteiger partial charge is 0.491 e. The Morgan fingerprint density at radius 2 is 2.00 bits per heavy atom. The number of aldehydes is 1. The number of benzene rings is 1. The molecule has 0 amide bonds. The summed E-state index contributed by atoms with van der Waals surface area (Å²) in [7, 11) is 0. The van der Waals surface area contributed by atoms with Crippen LogP contribution < -0.4 is 4.74 Å². The topological polar surface area (TPSA) is 26.3 Å². The van der Waals surface area contributed by atoms with Gasteiger partial charge in [-0.05, 0) is 66.4 Å². The van der Waals surface area contributed by atoms with Crippen LogP contribution in [0.5, 0.6) is 5.75 Å². The van der Waals surface area contributed by atoms with E-state index in [1.54, 1.807) is 23.5 Å². The molecule has 0 N–H and O–H groups in total. The molecule has 2 nitrogen and oxygen atoms in total. The maximum atomic E-state index is 10.7. The van der Waals surface area contributed by atoms with Crippen LogP contribution in [0.15, 0.2) is 37.9 Å². The predicted molar refractivity (Wildman–Crippen MR) is 80.7 cm³/mol. The average Bonchev–Trinajstić information content (AvgIpc) is 2.85. The molecule has 18 heavy (non-hydrogen) atoms. The van der Waals surface area contributed by atoms with Crippen molar-refractivity contribution in [3.63, 3.8) is 0 Å². The summed E-state index contributed by atoms with van der Waals surface area (Å²) in [6.45, 7) is 0.606. The third-order valence-electron chi connectivity index (χ3n) is 2.37. The van der Waals surface area contributed by atoms with Gasteiger partial charge in [-0.2, -0.15) is 11.3 Å². The van der Waals surface area contributed by atoms with E-state index in [9.17, 15) is 4.79 Å². The number of rotatable bonds is 5. The van der Waals surface area contributed by atoms with Crippen LogP contribution in [-0.4, -0.2) is 12.9 Å². The fourth-order valence-corrected chi connectivity index (χ4v) is 3.65. The predicted octanol–water partition coefficient (Wildman–Crippen LogP) is 4.71. The standard InChI is InChI=1S/C13H10Br2O2S/c14-11-5-10(7-16)6-12(15)13(11)17-3-1-9-2-4-18-8-9/h2,4-8H,1,3H2. The molecule has 0 atom stereocenters.